The molecular formula is C11H11F4NO. The summed E-state index contributed by atoms with van der Waals surface area (Å²) in [6.45, 7) is -0.113. The Labute approximate surface area is 95.6 Å². The van der Waals surface area contributed by atoms with Gasteiger partial charge in [-0.05, 0) is 30.7 Å². The smallest absolute Gasteiger partial charge is 0.302 e. The average molecular weight is 249 g/mol. The van der Waals surface area contributed by atoms with Gasteiger partial charge in [0, 0.05) is 5.56 Å². The van der Waals surface area contributed by atoms with Crippen LogP contribution in [0.25, 0.3) is 0 Å². The molecule has 6 heteroatoms. The van der Waals surface area contributed by atoms with E-state index < -0.39 is 30.9 Å². The van der Waals surface area contributed by atoms with Crippen molar-refractivity contribution < 1.29 is 22.4 Å². The van der Waals surface area contributed by atoms with Gasteiger partial charge < -0.3 is 5.32 Å². The molecule has 94 valence electrons. The van der Waals surface area contributed by atoms with Crippen molar-refractivity contribution in [3.63, 3.8) is 0 Å². The lowest BCUT2D eigenvalue weighted by Crippen LogP contribution is -2.32. The molecule has 2 nitrogen and oxygen atoms in total. The fourth-order valence-corrected chi connectivity index (χ4v) is 1.32. The molecule has 1 rings (SSSR count). The molecule has 0 bridgehead atoms. The molecule has 0 aromatic heterocycles. The largest absolute Gasteiger partial charge is 0.401 e. The van der Waals surface area contributed by atoms with Gasteiger partial charge in [0.1, 0.15) is 5.82 Å². The van der Waals surface area contributed by atoms with Crippen molar-refractivity contribution in [1.29, 1.82) is 0 Å². The number of nitrogens with one attached hydrogen (secondary N) is 1. The van der Waals surface area contributed by atoms with Gasteiger partial charge in [-0.2, -0.15) is 13.2 Å². The van der Waals surface area contributed by atoms with Gasteiger partial charge >= 0.3 is 6.18 Å². The predicted molar refractivity (Wildman–Crippen MR) is 54.4 cm³/mol. The summed E-state index contributed by atoms with van der Waals surface area (Å²) in [6, 6.07) is 3.67. The molecule has 0 unspecified atom stereocenters. The Morgan fingerprint density at radius 1 is 1.29 bits per heavy atom. The quantitative estimate of drug-likeness (QED) is 0.656. The molecule has 0 saturated heterocycles. The molecule has 0 aliphatic carbocycles. The minimum absolute atomic E-state index is 0.0668. The third-order valence-electron chi connectivity index (χ3n) is 1.98. The van der Waals surface area contributed by atoms with Crippen LogP contribution in [0.4, 0.5) is 17.6 Å². The molecule has 0 heterocycles. The number of rotatable bonds is 4. The number of halogens is 4. The highest BCUT2D eigenvalue weighted by Crippen LogP contribution is 2.12. The van der Waals surface area contributed by atoms with E-state index in [1.807, 2.05) is 5.32 Å². The van der Waals surface area contributed by atoms with Gasteiger partial charge in [-0.1, -0.05) is 0 Å². The Kier molecular flexibility index (Phi) is 4.22. The molecule has 0 amide bonds. The number of carbonyl (C=O) groups is 1. The van der Waals surface area contributed by atoms with E-state index in [0.29, 0.717) is 5.56 Å². The van der Waals surface area contributed by atoms with Crippen LogP contribution in [0.5, 0.6) is 0 Å². The highest BCUT2D eigenvalue weighted by molar-refractivity contribution is 5.97. The number of Topliss-reactive ketones (excluding diaryl/α,β-unsaturated/α-hetero) is 1. The standard InChI is InChI=1S/C11H11F4NO/c1-7-2-8(4-9(12)3-7)10(17)5-16-6-11(13,14)15/h2-4,16H,5-6H2,1H3. The van der Waals surface area contributed by atoms with E-state index in [9.17, 15) is 22.4 Å². The molecule has 1 aromatic rings. The van der Waals surface area contributed by atoms with Crippen molar-refractivity contribution in [3.8, 4) is 0 Å². The molecule has 0 saturated carbocycles. The number of hydrogen-bond donors (Lipinski definition) is 1. The topological polar surface area (TPSA) is 29.1 Å². The van der Waals surface area contributed by atoms with Gasteiger partial charge in [0.05, 0.1) is 13.1 Å². The molecule has 0 radical (unpaired) electrons. The second-order valence-electron chi connectivity index (χ2n) is 3.66. The maximum atomic E-state index is 12.9. The van der Waals surface area contributed by atoms with Crippen LogP contribution < -0.4 is 5.32 Å². The van der Waals surface area contributed by atoms with Crippen LogP contribution in [0.2, 0.25) is 0 Å². The predicted octanol–water partition coefficient (Wildman–Crippen LogP) is 2.47. The highest BCUT2D eigenvalue weighted by Gasteiger charge is 2.26. The van der Waals surface area contributed by atoms with E-state index in [4.69, 9.17) is 0 Å². The average Bonchev–Trinajstić information content (AvgIpc) is 2.13. The SMILES string of the molecule is Cc1cc(F)cc(C(=O)CNCC(F)(F)F)c1. The van der Waals surface area contributed by atoms with E-state index in [-0.39, 0.29) is 5.56 Å². The molecule has 0 spiro atoms. The number of alkyl halides is 3. The zero-order valence-corrected chi connectivity index (χ0v) is 9.07. The van der Waals surface area contributed by atoms with Crippen LogP contribution in [0.3, 0.4) is 0 Å². The van der Waals surface area contributed by atoms with E-state index in [1.54, 1.807) is 6.92 Å². The molecule has 1 aromatic carbocycles. The maximum absolute atomic E-state index is 12.9. The molecule has 17 heavy (non-hydrogen) atoms. The van der Waals surface area contributed by atoms with Gasteiger partial charge in [-0.15, -0.1) is 0 Å². The first kappa shape index (κ1) is 13.6. The summed E-state index contributed by atoms with van der Waals surface area (Å²) in [6.07, 6.45) is -4.36. The lowest BCUT2D eigenvalue weighted by atomic mass is 10.1. The summed E-state index contributed by atoms with van der Waals surface area (Å²) >= 11 is 0. The van der Waals surface area contributed by atoms with Crippen molar-refractivity contribution >= 4 is 5.78 Å². The normalized spacial score (nSPS) is 11.6. The van der Waals surface area contributed by atoms with E-state index in [1.165, 1.54) is 12.1 Å². The minimum Gasteiger partial charge on any atom is -0.302 e. The molecular weight excluding hydrogens is 238 g/mol. The Bertz CT molecular complexity index is 394. The summed E-state index contributed by atoms with van der Waals surface area (Å²) in [4.78, 5) is 11.4. The second-order valence-corrected chi connectivity index (χ2v) is 3.66. The Balaban J connectivity index is 2.58. The van der Waals surface area contributed by atoms with Crippen LogP contribution in [-0.4, -0.2) is 25.0 Å². The molecule has 0 fully saturated rings. The lowest BCUT2D eigenvalue weighted by Gasteiger charge is -2.08. The van der Waals surface area contributed by atoms with Crippen molar-refractivity contribution in [2.75, 3.05) is 13.1 Å². The van der Waals surface area contributed by atoms with Crippen LogP contribution in [-0.2, 0) is 0 Å². The maximum Gasteiger partial charge on any atom is 0.401 e. The van der Waals surface area contributed by atoms with Crippen LogP contribution in [0.1, 0.15) is 15.9 Å². The van der Waals surface area contributed by atoms with Crippen molar-refractivity contribution in [2.45, 2.75) is 13.1 Å². The van der Waals surface area contributed by atoms with Gasteiger partial charge in [0.15, 0.2) is 5.78 Å². The summed E-state index contributed by atoms with van der Waals surface area (Å²) in [7, 11) is 0. The third-order valence-corrected chi connectivity index (χ3v) is 1.98. The Morgan fingerprint density at radius 3 is 2.47 bits per heavy atom. The summed E-state index contributed by atoms with van der Waals surface area (Å²) in [5.74, 6) is -1.15. The number of ketones is 1. The van der Waals surface area contributed by atoms with Crippen molar-refractivity contribution in [2.24, 2.45) is 0 Å². The zero-order chi connectivity index (χ0) is 13.1. The highest BCUT2D eigenvalue weighted by atomic mass is 19.4. The lowest BCUT2D eigenvalue weighted by molar-refractivity contribution is -0.124. The van der Waals surface area contributed by atoms with Crippen LogP contribution in [0, 0.1) is 12.7 Å². The number of benzene rings is 1. The second kappa shape index (κ2) is 5.27. The van der Waals surface area contributed by atoms with Gasteiger partial charge in [-0.3, -0.25) is 4.79 Å². The first-order chi connectivity index (χ1) is 7.78. The first-order valence-electron chi connectivity index (χ1n) is 4.86. The third kappa shape index (κ3) is 4.95. The Hall–Kier alpha value is -1.43. The zero-order valence-electron chi connectivity index (χ0n) is 9.07. The number of aryl methyl sites for hydroxylation is 1. The van der Waals surface area contributed by atoms with Crippen molar-refractivity contribution in [3.05, 3.63) is 35.1 Å². The molecule has 0 aliphatic rings. The monoisotopic (exact) mass is 249 g/mol. The first-order valence-corrected chi connectivity index (χ1v) is 4.86. The van der Waals surface area contributed by atoms with Gasteiger partial charge in [0.2, 0.25) is 0 Å². The fraction of sp³-hybridized carbons (Fsp3) is 0.364. The van der Waals surface area contributed by atoms with Crippen LogP contribution in [0.15, 0.2) is 18.2 Å². The fourth-order valence-electron chi connectivity index (χ4n) is 1.32. The summed E-state index contributed by atoms with van der Waals surface area (Å²) < 4.78 is 48.4. The summed E-state index contributed by atoms with van der Waals surface area (Å²) in [5.41, 5.74) is 0.612. The van der Waals surface area contributed by atoms with Gasteiger partial charge in [0.25, 0.3) is 0 Å². The van der Waals surface area contributed by atoms with Crippen LogP contribution >= 0.6 is 0 Å². The minimum atomic E-state index is -4.36. The van der Waals surface area contributed by atoms with Gasteiger partial charge in [-0.25, -0.2) is 4.39 Å². The van der Waals surface area contributed by atoms with E-state index in [2.05, 4.69) is 0 Å². The number of hydrogen-bond acceptors (Lipinski definition) is 2. The molecule has 0 atom stereocenters. The van der Waals surface area contributed by atoms with E-state index in [0.717, 1.165) is 6.07 Å². The molecule has 1 N–H and O–H groups in total. The molecule has 0 aliphatic heterocycles. The Morgan fingerprint density at radius 2 is 1.94 bits per heavy atom. The van der Waals surface area contributed by atoms with E-state index >= 15 is 0 Å². The van der Waals surface area contributed by atoms with Crippen molar-refractivity contribution in [1.82, 2.24) is 5.32 Å². The summed E-state index contributed by atoms with van der Waals surface area (Å²) in [5, 5.41) is 1.97. The number of carbonyl (C=O) groups excluding carboxylic acids is 1.